The van der Waals surface area contributed by atoms with Crippen LogP contribution in [0.3, 0.4) is 0 Å². The Morgan fingerprint density at radius 3 is 1.43 bits per heavy atom. The Kier molecular flexibility index (Phi) is 7.28. The first-order valence-corrected chi connectivity index (χ1v) is 15.5. The summed E-state index contributed by atoms with van der Waals surface area (Å²) in [4.78, 5) is 5.04. The maximum absolute atomic E-state index is 2.58. The van der Waals surface area contributed by atoms with Gasteiger partial charge in [0.25, 0.3) is 0 Å². The standard InChI is InChI=1S/C42H38N2/c1-29-13-9-17-33(25-29)43(34-18-10-14-30(2)26-34)41-37-21-5-7-23-39(37)42(40-24-8-6-22-38(40)41)44(35-19-11-15-31(3)27-35)36-20-12-16-32(4)28-36/h5-27,36H,28H2,1-4H3. The number of allylic oxidation sites excluding steroid dienone is 2. The molecule has 6 aromatic carbocycles. The Morgan fingerprint density at radius 1 is 0.500 bits per heavy atom. The van der Waals surface area contributed by atoms with Gasteiger partial charge in [-0.05, 0) is 87.2 Å². The second-order valence-electron chi connectivity index (χ2n) is 12.2. The van der Waals surface area contributed by atoms with E-state index in [0.717, 1.165) is 17.8 Å². The zero-order valence-corrected chi connectivity index (χ0v) is 26.0. The highest BCUT2D eigenvalue weighted by atomic mass is 15.2. The molecule has 216 valence electrons. The van der Waals surface area contributed by atoms with E-state index in [9.17, 15) is 0 Å². The third-order valence-corrected chi connectivity index (χ3v) is 8.72. The van der Waals surface area contributed by atoms with Crippen LogP contribution in [-0.2, 0) is 0 Å². The molecule has 0 radical (unpaired) electrons. The van der Waals surface area contributed by atoms with E-state index in [2.05, 4.69) is 177 Å². The largest absolute Gasteiger partial charge is 0.333 e. The summed E-state index contributed by atoms with van der Waals surface area (Å²) in [6, 6.07) is 44.8. The fourth-order valence-electron chi connectivity index (χ4n) is 6.78. The van der Waals surface area contributed by atoms with Crippen LogP contribution in [0.5, 0.6) is 0 Å². The van der Waals surface area contributed by atoms with Crippen LogP contribution < -0.4 is 9.80 Å². The molecule has 0 bridgehead atoms. The van der Waals surface area contributed by atoms with Crippen LogP contribution in [0.25, 0.3) is 21.5 Å². The first kappa shape index (κ1) is 27.7. The first-order valence-electron chi connectivity index (χ1n) is 15.5. The maximum atomic E-state index is 2.58. The quantitative estimate of drug-likeness (QED) is 0.145. The molecule has 6 aromatic rings. The molecule has 0 saturated carbocycles. The molecule has 0 aromatic heterocycles. The second kappa shape index (κ2) is 11.5. The lowest BCUT2D eigenvalue weighted by atomic mass is 9.93. The lowest BCUT2D eigenvalue weighted by molar-refractivity contribution is 0.760. The Morgan fingerprint density at radius 2 is 0.955 bits per heavy atom. The molecule has 1 aliphatic carbocycles. The van der Waals surface area contributed by atoms with Crippen molar-refractivity contribution in [1.29, 1.82) is 0 Å². The third kappa shape index (κ3) is 5.07. The normalized spacial score (nSPS) is 14.5. The van der Waals surface area contributed by atoms with Crippen LogP contribution in [0, 0.1) is 20.8 Å². The van der Waals surface area contributed by atoms with E-state index >= 15 is 0 Å². The molecule has 2 nitrogen and oxygen atoms in total. The highest BCUT2D eigenvalue weighted by molar-refractivity contribution is 6.22. The van der Waals surface area contributed by atoms with Gasteiger partial charge in [-0.25, -0.2) is 0 Å². The zero-order chi connectivity index (χ0) is 30.2. The number of aryl methyl sites for hydroxylation is 3. The fraction of sp³-hybridized carbons (Fsp3) is 0.143. The number of fused-ring (bicyclic) bond motifs is 2. The van der Waals surface area contributed by atoms with Gasteiger partial charge >= 0.3 is 0 Å². The number of hydrogen-bond acceptors (Lipinski definition) is 2. The number of nitrogens with zero attached hydrogens (tertiary/aromatic N) is 2. The van der Waals surface area contributed by atoms with Gasteiger partial charge in [-0.1, -0.05) is 109 Å². The average Bonchev–Trinajstić information content (AvgIpc) is 3.02. The average molecular weight is 571 g/mol. The molecule has 0 aliphatic heterocycles. The van der Waals surface area contributed by atoms with E-state index in [-0.39, 0.29) is 6.04 Å². The molecule has 0 saturated heterocycles. The van der Waals surface area contributed by atoms with Crippen LogP contribution in [0.15, 0.2) is 145 Å². The molecule has 44 heavy (non-hydrogen) atoms. The third-order valence-electron chi connectivity index (χ3n) is 8.72. The van der Waals surface area contributed by atoms with Gasteiger partial charge < -0.3 is 9.80 Å². The summed E-state index contributed by atoms with van der Waals surface area (Å²) in [6.45, 7) is 8.77. The van der Waals surface area contributed by atoms with Crippen molar-refractivity contribution in [2.24, 2.45) is 0 Å². The number of rotatable bonds is 6. The number of benzene rings is 6. The summed E-state index contributed by atoms with van der Waals surface area (Å²) >= 11 is 0. The van der Waals surface area contributed by atoms with Crippen molar-refractivity contribution in [3.63, 3.8) is 0 Å². The summed E-state index contributed by atoms with van der Waals surface area (Å²) in [6.07, 6.45) is 7.81. The predicted molar refractivity (Wildman–Crippen MR) is 190 cm³/mol. The van der Waals surface area contributed by atoms with Gasteiger partial charge in [0, 0.05) is 38.6 Å². The van der Waals surface area contributed by atoms with Crippen LogP contribution in [0.2, 0.25) is 0 Å². The van der Waals surface area contributed by atoms with Crippen molar-refractivity contribution < 1.29 is 0 Å². The SMILES string of the molecule is CC1=CC=CC(N(c2cccc(C)c2)c2c3ccccc3c(N(c3cccc(C)c3)c3cccc(C)c3)c3ccccc23)C1. The van der Waals surface area contributed by atoms with Crippen molar-refractivity contribution in [3.05, 3.63) is 162 Å². The zero-order valence-electron chi connectivity index (χ0n) is 26.0. The Balaban J connectivity index is 1.60. The van der Waals surface area contributed by atoms with E-state index in [1.807, 2.05) is 0 Å². The van der Waals surface area contributed by atoms with E-state index in [1.54, 1.807) is 0 Å². The van der Waals surface area contributed by atoms with Crippen molar-refractivity contribution in [2.45, 2.75) is 40.2 Å². The van der Waals surface area contributed by atoms with E-state index in [4.69, 9.17) is 0 Å². The summed E-state index contributed by atoms with van der Waals surface area (Å²) in [5.74, 6) is 0. The Hall–Kier alpha value is -5.08. The highest BCUT2D eigenvalue weighted by Crippen LogP contribution is 2.50. The molecule has 7 rings (SSSR count). The fourth-order valence-corrected chi connectivity index (χ4v) is 6.78. The van der Waals surface area contributed by atoms with Crippen LogP contribution in [-0.4, -0.2) is 6.04 Å². The summed E-state index contributed by atoms with van der Waals surface area (Å²) in [5, 5.41) is 4.95. The van der Waals surface area contributed by atoms with Crippen molar-refractivity contribution in [3.8, 4) is 0 Å². The van der Waals surface area contributed by atoms with E-state index < -0.39 is 0 Å². The number of anilines is 5. The minimum Gasteiger partial charge on any atom is -0.333 e. The van der Waals surface area contributed by atoms with Gasteiger partial charge in [0.1, 0.15) is 0 Å². The summed E-state index contributed by atoms with van der Waals surface area (Å²) in [5.41, 5.74) is 11.1. The van der Waals surface area contributed by atoms with Crippen LogP contribution >= 0.6 is 0 Å². The van der Waals surface area contributed by atoms with Gasteiger partial charge in [0.15, 0.2) is 0 Å². The minimum absolute atomic E-state index is 0.198. The predicted octanol–water partition coefficient (Wildman–Crippen LogP) is 11.8. The highest BCUT2D eigenvalue weighted by Gasteiger charge is 2.28. The minimum atomic E-state index is 0.198. The molecule has 0 heterocycles. The monoisotopic (exact) mass is 570 g/mol. The van der Waals surface area contributed by atoms with Gasteiger partial charge in [-0.15, -0.1) is 0 Å². The van der Waals surface area contributed by atoms with E-state index in [1.165, 1.54) is 60.9 Å². The van der Waals surface area contributed by atoms with E-state index in [0.29, 0.717) is 0 Å². The maximum Gasteiger partial charge on any atom is 0.0619 e. The van der Waals surface area contributed by atoms with Gasteiger partial charge in [0.05, 0.1) is 17.4 Å². The molecule has 1 atom stereocenters. The smallest absolute Gasteiger partial charge is 0.0619 e. The summed E-state index contributed by atoms with van der Waals surface area (Å²) < 4.78 is 0. The van der Waals surface area contributed by atoms with Gasteiger partial charge in [-0.3, -0.25) is 0 Å². The molecule has 1 unspecified atom stereocenters. The lowest BCUT2D eigenvalue weighted by Crippen LogP contribution is -2.31. The molecule has 2 heteroatoms. The first-order chi connectivity index (χ1) is 21.5. The van der Waals surface area contributed by atoms with Gasteiger partial charge in [-0.2, -0.15) is 0 Å². The lowest BCUT2D eigenvalue weighted by Gasteiger charge is -2.37. The molecular formula is C42H38N2. The van der Waals surface area contributed by atoms with Crippen molar-refractivity contribution in [2.75, 3.05) is 9.80 Å². The summed E-state index contributed by atoms with van der Waals surface area (Å²) in [7, 11) is 0. The Bertz CT molecular complexity index is 1960. The topological polar surface area (TPSA) is 6.48 Å². The Labute approximate surface area is 261 Å². The molecule has 0 amide bonds. The molecule has 0 fully saturated rings. The van der Waals surface area contributed by atoms with Crippen LogP contribution in [0.1, 0.15) is 30.0 Å². The number of hydrogen-bond donors (Lipinski definition) is 0. The molecule has 0 spiro atoms. The van der Waals surface area contributed by atoms with Gasteiger partial charge in [0.2, 0.25) is 0 Å². The molecule has 0 N–H and O–H groups in total. The van der Waals surface area contributed by atoms with Crippen LogP contribution in [0.4, 0.5) is 28.4 Å². The van der Waals surface area contributed by atoms with Crippen molar-refractivity contribution in [1.82, 2.24) is 0 Å². The molecule has 1 aliphatic rings. The second-order valence-corrected chi connectivity index (χ2v) is 12.2. The molecular weight excluding hydrogens is 532 g/mol. The van der Waals surface area contributed by atoms with Crippen molar-refractivity contribution >= 4 is 50.0 Å².